The van der Waals surface area contributed by atoms with E-state index < -0.39 is 5.63 Å². The maximum Gasteiger partial charge on any atom is 0.336 e. The largest absolute Gasteiger partial charge is 0.493 e. The summed E-state index contributed by atoms with van der Waals surface area (Å²) in [6, 6.07) is 17.8. The lowest BCUT2D eigenvalue weighted by molar-refractivity contribution is -0.113. The molecule has 0 saturated heterocycles. The van der Waals surface area contributed by atoms with E-state index in [9.17, 15) is 9.59 Å². The second-order valence-electron chi connectivity index (χ2n) is 5.27. The van der Waals surface area contributed by atoms with Gasteiger partial charge in [-0.1, -0.05) is 18.2 Å². The number of hydrogen-bond acceptors (Lipinski definition) is 5. The van der Waals surface area contributed by atoms with Crippen molar-refractivity contribution >= 4 is 34.3 Å². The number of para-hydroxylation sites is 1. The van der Waals surface area contributed by atoms with E-state index in [1.165, 1.54) is 17.8 Å². The Morgan fingerprint density at radius 1 is 1.08 bits per heavy atom. The van der Waals surface area contributed by atoms with Gasteiger partial charge in [-0.25, -0.2) is 4.79 Å². The summed E-state index contributed by atoms with van der Waals surface area (Å²) < 4.78 is 10.6. The minimum Gasteiger partial charge on any atom is -0.493 e. The molecule has 1 heterocycles. The molecule has 1 amide bonds. The van der Waals surface area contributed by atoms with Crippen LogP contribution in [0.2, 0.25) is 0 Å². The minimum atomic E-state index is -0.390. The maximum absolute atomic E-state index is 12.0. The van der Waals surface area contributed by atoms with Crippen LogP contribution in [0.3, 0.4) is 0 Å². The molecule has 0 fully saturated rings. The van der Waals surface area contributed by atoms with Crippen molar-refractivity contribution in [2.24, 2.45) is 0 Å². The summed E-state index contributed by atoms with van der Waals surface area (Å²) >= 11 is 1.51. The quantitative estimate of drug-likeness (QED) is 0.518. The van der Waals surface area contributed by atoms with Crippen molar-refractivity contribution in [1.82, 2.24) is 0 Å². The van der Waals surface area contributed by atoms with Crippen LogP contribution in [0.15, 0.2) is 69.9 Å². The lowest BCUT2D eigenvalue weighted by Gasteiger charge is -2.07. The number of thioether (sulfide) groups is 1. The van der Waals surface area contributed by atoms with Crippen LogP contribution in [-0.4, -0.2) is 24.0 Å². The zero-order valence-corrected chi connectivity index (χ0v) is 14.3. The normalized spacial score (nSPS) is 10.6. The van der Waals surface area contributed by atoms with Gasteiger partial charge in [0.05, 0.1) is 12.4 Å². The van der Waals surface area contributed by atoms with Crippen molar-refractivity contribution in [3.8, 4) is 5.75 Å². The Balaban J connectivity index is 1.43. The average Bonchev–Trinajstić information content (AvgIpc) is 2.62. The van der Waals surface area contributed by atoms with Crippen molar-refractivity contribution < 1.29 is 13.9 Å². The molecule has 0 atom stereocenters. The highest BCUT2D eigenvalue weighted by Gasteiger charge is 2.05. The van der Waals surface area contributed by atoms with Crippen LogP contribution >= 0.6 is 11.8 Å². The number of rotatable bonds is 7. The van der Waals surface area contributed by atoms with Crippen LogP contribution in [0.5, 0.6) is 5.75 Å². The SMILES string of the molecule is O=C(CSCCOc1ccccc1)Nc1ccc2oc(=O)ccc2c1. The van der Waals surface area contributed by atoms with Crippen molar-refractivity contribution in [1.29, 1.82) is 0 Å². The Hall–Kier alpha value is -2.73. The van der Waals surface area contributed by atoms with Gasteiger partial charge in [0.2, 0.25) is 5.91 Å². The van der Waals surface area contributed by atoms with Gasteiger partial charge in [0, 0.05) is 22.9 Å². The number of carbonyl (C=O) groups is 1. The fourth-order valence-electron chi connectivity index (χ4n) is 2.25. The molecule has 0 aliphatic heterocycles. The lowest BCUT2D eigenvalue weighted by Crippen LogP contribution is -2.15. The molecular weight excluding hydrogens is 338 g/mol. The third-order valence-corrected chi connectivity index (χ3v) is 4.30. The van der Waals surface area contributed by atoms with Crippen molar-refractivity contribution in [3.63, 3.8) is 0 Å². The summed E-state index contributed by atoms with van der Waals surface area (Å²) in [7, 11) is 0. The summed E-state index contributed by atoms with van der Waals surface area (Å²) in [6.07, 6.45) is 0. The monoisotopic (exact) mass is 355 g/mol. The Kier molecular flexibility index (Phi) is 5.74. The van der Waals surface area contributed by atoms with E-state index in [1.54, 1.807) is 24.3 Å². The van der Waals surface area contributed by atoms with Gasteiger partial charge in [0.15, 0.2) is 0 Å². The average molecular weight is 355 g/mol. The highest BCUT2D eigenvalue weighted by atomic mass is 32.2. The molecule has 1 N–H and O–H groups in total. The van der Waals surface area contributed by atoms with E-state index in [4.69, 9.17) is 9.15 Å². The molecule has 2 aromatic carbocycles. The van der Waals surface area contributed by atoms with E-state index in [1.807, 2.05) is 30.3 Å². The van der Waals surface area contributed by atoms with E-state index in [0.29, 0.717) is 23.6 Å². The highest BCUT2D eigenvalue weighted by Crippen LogP contribution is 2.18. The first kappa shape index (κ1) is 17.1. The van der Waals surface area contributed by atoms with Crippen molar-refractivity contribution in [2.75, 3.05) is 23.4 Å². The number of anilines is 1. The zero-order valence-electron chi connectivity index (χ0n) is 13.4. The Bertz CT molecular complexity index is 908. The van der Waals surface area contributed by atoms with Gasteiger partial charge in [-0.05, 0) is 36.4 Å². The van der Waals surface area contributed by atoms with Crippen LogP contribution < -0.4 is 15.7 Å². The maximum atomic E-state index is 12.0. The smallest absolute Gasteiger partial charge is 0.336 e. The second-order valence-corrected chi connectivity index (χ2v) is 6.37. The third kappa shape index (κ3) is 5.12. The number of ether oxygens (including phenoxy) is 1. The highest BCUT2D eigenvalue weighted by molar-refractivity contribution is 7.99. The van der Waals surface area contributed by atoms with Gasteiger partial charge in [0.1, 0.15) is 11.3 Å². The fraction of sp³-hybridized carbons (Fsp3) is 0.158. The first-order chi connectivity index (χ1) is 12.2. The van der Waals surface area contributed by atoms with Gasteiger partial charge < -0.3 is 14.5 Å². The molecule has 6 heteroatoms. The zero-order chi connectivity index (χ0) is 17.5. The first-order valence-electron chi connectivity index (χ1n) is 7.80. The molecular formula is C19H17NO4S. The van der Waals surface area contributed by atoms with E-state index >= 15 is 0 Å². The van der Waals surface area contributed by atoms with E-state index in [-0.39, 0.29) is 5.91 Å². The summed E-state index contributed by atoms with van der Waals surface area (Å²) in [5.41, 5.74) is 0.781. The van der Waals surface area contributed by atoms with Crippen LogP contribution in [-0.2, 0) is 4.79 Å². The number of benzene rings is 2. The van der Waals surface area contributed by atoms with Crippen molar-refractivity contribution in [3.05, 3.63) is 71.1 Å². The van der Waals surface area contributed by atoms with Crippen molar-refractivity contribution in [2.45, 2.75) is 0 Å². The third-order valence-electron chi connectivity index (χ3n) is 3.38. The van der Waals surface area contributed by atoms with E-state index in [0.717, 1.165) is 16.9 Å². The molecule has 0 bridgehead atoms. The Morgan fingerprint density at radius 2 is 1.92 bits per heavy atom. The Morgan fingerprint density at radius 3 is 2.76 bits per heavy atom. The van der Waals surface area contributed by atoms with Crippen LogP contribution in [0.25, 0.3) is 11.0 Å². The predicted molar refractivity (Wildman–Crippen MR) is 100 cm³/mol. The molecule has 25 heavy (non-hydrogen) atoms. The van der Waals surface area contributed by atoms with E-state index in [2.05, 4.69) is 5.32 Å². The number of hydrogen-bond donors (Lipinski definition) is 1. The summed E-state index contributed by atoms with van der Waals surface area (Å²) in [4.78, 5) is 23.1. The molecule has 3 aromatic rings. The number of nitrogens with one attached hydrogen (secondary N) is 1. The predicted octanol–water partition coefficient (Wildman–Crippen LogP) is 3.54. The number of fused-ring (bicyclic) bond motifs is 1. The van der Waals surface area contributed by atoms with Gasteiger partial charge in [0.25, 0.3) is 0 Å². The van der Waals surface area contributed by atoms with Crippen LogP contribution in [0.1, 0.15) is 0 Å². The van der Waals surface area contributed by atoms with Crippen LogP contribution in [0.4, 0.5) is 5.69 Å². The molecule has 0 unspecified atom stereocenters. The number of carbonyl (C=O) groups excluding carboxylic acids is 1. The van der Waals surface area contributed by atoms with Crippen LogP contribution in [0, 0.1) is 0 Å². The molecule has 0 saturated carbocycles. The molecule has 5 nitrogen and oxygen atoms in total. The minimum absolute atomic E-state index is 0.0820. The fourth-order valence-corrected chi connectivity index (χ4v) is 2.85. The van der Waals surface area contributed by atoms with Gasteiger partial charge in [-0.3, -0.25) is 4.79 Å². The molecule has 0 radical (unpaired) electrons. The summed E-state index contributed by atoms with van der Waals surface area (Å²) in [5.74, 6) is 1.82. The molecule has 3 rings (SSSR count). The summed E-state index contributed by atoms with van der Waals surface area (Å²) in [6.45, 7) is 0.553. The second kappa shape index (κ2) is 8.39. The van der Waals surface area contributed by atoms with Gasteiger partial charge >= 0.3 is 5.63 Å². The standard InChI is InChI=1S/C19H17NO4S/c21-18(13-25-11-10-23-16-4-2-1-3-5-16)20-15-7-8-17-14(12-15)6-9-19(22)24-17/h1-9,12H,10-11,13H2,(H,20,21). The van der Waals surface area contributed by atoms with Gasteiger partial charge in [-0.2, -0.15) is 0 Å². The molecule has 1 aromatic heterocycles. The summed E-state index contributed by atoms with van der Waals surface area (Å²) in [5, 5.41) is 3.60. The molecule has 128 valence electrons. The lowest BCUT2D eigenvalue weighted by atomic mass is 10.2. The van der Waals surface area contributed by atoms with Gasteiger partial charge in [-0.15, -0.1) is 11.8 Å². The first-order valence-corrected chi connectivity index (χ1v) is 8.95. The Labute approximate surface area is 149 Å². The molecule has 0 aliphatic rings. The molecule has 0 spiro atoms. The topological polar surface area (TPSA) is 68.5 Å². The number of amides is 1. The molecule has 0 aliphatic carbocycles.